The van der Waals surface area contributed by atoms with Gasteiger partial charge in [-0.3, -0.25) is 4.79 Å². The average molecular weight is 361 g/mol. The van der Waals surface area contributed by atoms with Gasteiger partial charge >= 0.3 is 0 Å². The highest BCUT2D eigenvalue weighted by Gasteiger charge is 2.20. The molecule has 7 heteroatoms. The Hall–Kier alpha value is -1.89. The highest BCUT2D eigenvalue weighted by atomic mass is 16.3. The molecule has 1 atom stereocenters. The van der Waals surface area contributed by atoms with Crippen LogP contribution in [0.4, 0.5) is 11.6 Å². The molecule has 2 saturated heterocycles. The van der Waals surface area contributed by atoms with Gasteiger partial charge in [0, 0.05) is 51.8 Å². The molecule has 0 aromatic carbocycles. The van der Waals surface area contributed by atoms with E-state index in [4.69, 9.17) is 0 Å². The molecule has 0 spiro atoms. The van der Waals surface area contributed by atoms with Crippen molar-refractivity contribution in [3.8, 4) is 0 Å². The minimum atomic E-state index is 0.227. The molecule has 3 rings (SSSR count). The molecule has 3 heterocycles. The highest BCUT2D eigenvalue weighted by Crippen LogP contribution is 2.22. The van der Waals surface area contributed by atoms with E-state index < -0.39 is 0 Å². The van der Waals surface area contributed by atoms with Gasteiger partial charge < -0.3 is 20.2 Å². The summed E-state index contributed by atoms with van der Waals surface area (Å²) in [5.41, 5.74) is 0. The standard InChI is InChI=1S/C19H31N5O2/c25-14-16-6-5-11-24(13-16)18-12-17(21-15-22-18)20-8-7-19(26)23-9-3-1-2-4-10-23/h12,15-16,25H,1-11,13-14H2,(H,20,21,22). The number of piperidine rings is 1. The number of nitrogens with zero attached hydrogens (tertiary/aromatic N) is 4. The molecule has 2 aliphatic rings. The Bertz CT molecular complexity index is 575. The van der Waals surface area contributed by atoms with Gasteiger partial charge in [-0.1, -0.05) is 12.8 Å². The number of rotatable bonds is 6. The number of likely N-dealkylation sites (tertiary alicyclic amines) is 1. The lowest BCUT2D eigenvalue weighted by molar-refractivity contribution is -0.130. The van der Waals surface area contributed by atoms with Crippen molar-refractivity contribution in [2.75, 3.05) is 49.5 Å². The number of anilines is 2. The summed E-state index contributed by atoms with van der Waals surface area (Å²) in [7, 11) is 0. The van der Waals surface area contributed by atoms with Crippen LogP contribution in [0.5, 0.6) is 0 Å². The van der Waals surface area contributed by atoms with Gasteiger partial charge in [-0.2, -0.15) is 0 Å². The summed E-state index contributed by atoms with van der Waals surface area (Å²) in [6.07, 6.45) is 8.92. The van der Waals surface area contributed by atoms with Crippen molar-refractivity contribution in [3.05, 3.63) is 12.4 Å². The van der Waals surface area contributed by atoms with Crippen LogP contribution in [-0.2, 0) is 4.79 Å². The Balaban J connectivity index is 1.48. The first-order chi connectivity index (χ1) is 12.8. The molecule has 0 saturated carbocycles. The summed E-state index contributed by atoms with van der Waals surface area (Å²) in [4.78, 5) is 25.2. The first kappa shape index (κ1) is 18.9. The van der Waals surface area contributed by atoms with E-state index in [0.29, 0.717) is 18.9 Å². The maximum Gasteiger partial charge on any atom is 0.224 e. The predicted molar refractivity (Wildman–Crippen MR) is 102 cm³/mol. The van der Waals surface area contributed by atoms with E-state index in [2.05, 4.69) is 20.2 Å². The largest absolute Gasteiger partial charge is 0.396 e. The van der Waals surface area contributed by atoms with Gasteiger partial charge in [0.2, 0.25) is 5.91 Å². The number of hydrogen-bond donors (Lipinski definition) is 2. The third-order valence-electron chi connectivity index (χ3n) is 5.36. The first-order valence-corrected chi connectivity index (χ1v) is 9.96. The summed E-state index contributed by atoms with van der Waals surface area (Å²) in [5, 5.41) is 12.7. The maximum atomic E-state index is 12.3. The zero-order valence-electron chi connectivity index (χ0n) is 15.6. The predicted octanol–water partition coefficient (Wildman–Crippen LogP) is 1.89. The summed E-state index contributed by atoms with van der Waals surface area (Å²) in [6, 6.07) is 1.94. The van der Waals surface area contributed by atoms with E-state index >= 15 is 0 Å². The normalized spacial score (nSPS) is 21.3. The fraction of sp³-hybridized carbons (Fsp3) is 0.737. The van der Waals surface area contributed by atoms with Crippen molar-refractivity contribution in [2.24, 2.45) is 5.92 Å². The smallest absolute Gasteiger partial charge is 0.224 e. The van der Waals surface area contributed by atoms with E-state index in [-0.39, 0.29) is 12.5 Å². The molecule has 2 aliphatic heterocycles. The minimum absolute atomic E-state index is 0.227. The van der Waals surface area contributed by atoms with Gasteiger partial charge in [0.25, 0.3) is 0 Å². The van der Waals surface area contributed by atoms with Crippen LogP contribution in [0, 0.1) is 5.92 Å². The fourth-order valence-corrected chi connectivity index (χ4v) is 3.81. The van der Waals surface area contributed by atoms with Crippen LogP contribution in [0.3, 0.4) is 0 Å². The highest BCUT2D eigenvalue weighted by molar-refractivity contribution is 5.76. The number of amides is 1. The van der Waals surface area contributed by atoms with Crippen LogP contribution in [0.25, 0.3) is 0 Å². The number of hydrogen-bond acceptors (Lipinski definition) is 6. The summed E-state index contributed by atoms with van der Waals surface area (Å²) < 4.78 is 0. The third-order valence-corrected chi connectivity index (χ3v) is 5.36. The van der Waals surface area contributed by atoms with Crippen LogP contribution < -0.4 is 10.2 Å². The van der Waals surface area contributed by atoms with Crippen molar-refractivity contribution in [1.82, 2.24) is 14.9 Å². The van der Waals surface area contributed by atoms with Gasteiger partial charge in [-0.15, -0.1) is 0 Å². The van der Waals surface area contributed by atoms with Crippen LogP contribution in [-0.4, -0.2) is 65.2 Å². The topological polar surface area (TPSA) is 81.6 Å². The van der Waals surface area contributed by atoms with Gasteiger partial charge in [0.15, 0.2) is 0 Å². The minimum Gasteiger partial charge on any atom is -0.396 e. The van der Waals surface area contributed by atoms with Crippen molar-refractivity contribution in [3.63, 3.8) is 0 Å². The van der Waals surface area contributed by atoms with E-state index in [1.807, 2.05) is 11.0 Å². The van der Waals surface area contributed by atoms with Crippen molar-refractivity contribution < 1.29 is 9.90 Å². The summed E-state index contributed by atoms with van der Waals surface area (Å²) in [6.45, 7) is 4.41. The van der Waals surface area contributed by atoms with Gasteiger partial charge in [-0.25, -0.2) is 9.97 Å². The van der Waals surface area contributed by atoms with Crippen molar-refractivity contribution in [1.29, 1.82) is 0 Å². The molecule has 0 aliphatic carbocycles. The lowest BCUT2D eigenvalue weighted by Crippen LogP contribution is -2.37. The molecule has 1 unspecified atom stereocenters. The Morgan fingerprint density at radius 2 is 1.96 bits per heavy atom. The number of nitrogens with one attached hydrogen (secondary N) is 1. The molecular weight excluding hydrogens is 330 g/mol. The molecule has 1 aromatic heterocycles. The average Bonchev–Trinajstić information content (AvgIpc) is 2.98. The summed E-state index contributed by atoms with van der Waals surface area (Å²) >= 11 is 0. The number of aliphatic hydroxyl groups is 1. The third kappa shape index (κ3) is 5.30. The monoisotopic (exact) mass is 361 g/mol. The van der Waals surface area contributed by atoms with Crippen LogP contribution in [0.1, 0.15) is 44.9 Å². The molecule has 2 fully saturated rings. The summed E-state index contributed by atoms with van der Waals surface area (Å²) in [5.74, 6) is 2.20. The first-order valence-electron chi connectivity index (χ1n) is 9.96. The molecule has 26 heavy (non-hydrogen) atoms. The molecule has 1 aromatic rings. The Morgan fingerprint density at radius 1 is 1.15 bits per heavy atom. The van der Waals surface area contributed by atoms with E-state index in [1.165, 1.54) is 12.8 Å². The number of carbonyl (C=O) groups is 1. The Morgan fingerprint density at radius 3 is 2.73 bits per heavy atom. The lowest BCUT2D eigenvalue weighted by atomic mass is 9.99. The number of carbonyl (C=O) groups excluding carboxylic acids is 1. The molecule has 7 nitrogen and oxygen atoms in total. The fourth-order valence-electron chi connectivity index (χ4n) is 3.81. The zero-order chi connectivity index (χ0) is 18.2. The van der Waals surface area contributed by atoms with E-state index in [9.17, 15) is 9.90 Å². The molecule has 2 N–H and O–H groups in total. The van der Waals surface area contributed by atoms with Crippen molar-refractivity contribution in [2.45, 2.75) is 44.9 Å². The lowest BCUT2D eigenvalue weighted by Gasteiger charge is -2.32. The Labute approximate surface area is 155 Å². The quantitative estimate of drug-likeness (QED) is 0.805. The van der Waals surface area contributed by atoms with Crippen LogP contribution >= 0.6 is 0 Å². The van der Waals surface area contributed by atoms with Crippen LogP contribution in [0.15, 0.2) is 12.4 Å². The SMILES string of the molecule is O=C(CCNc1cc(N2CCCC(CO)C2)ncn1)N1CCCCCC1. The molecule has 1 amide bonds. The molecular formula is C19H31N5O2. The molecule has 0 bridgehead atoms. The maximum absolute atomic E-state index is 12.3. The van der Waals surface area contributed by atoms with Crippen molar-refractivity contribution >= 4 is 17.5 Å². The number of aromatic nitrogens is 2. The second-order valence-corrected chi connectivity index (χ2v) is 7.37. The second-order valence-electron chi connectivity index (χ2n) is 7.37. The number of aliphatic hydroxyl groups excluding tert-OH is 1. The Kier molecular flexibility index (Phi) is 7.05. The van der Waals surface area contributed by atoms with Gasteiger partial charge in [-0.05, 0) is 31.6 Å². The zero-order valence-corrected chi connectivity index (χ0v) is 15.6. The van der Waals surface area contributed by atoms with Crippen LogP contribution in [0.2, 0.25) is 0 Å². The molecule has 144 valence electrons. The van der Waals surface area contributed by atoms with E-state index in [0.717, 1.165) is 63.5 Å². The second kappa shape index (κ2) is 9.71. The van der Waals surface area contributed by atoms with E-state index in [1.54, 1.807) is 6.33 Å². The molecule has 0 radical (unpaired) electrons. The van der Waals surface area contributed by atoms with Gasteiger partial charge in [0.05, 0.1) is 0 Å². The van der Waals surface area contributed by atoms with Gasteiger partial charge in [0.1, 0.15) is 18.0 Å².